The van der Waals surface area contributed by atoms with Crippen LogP contribution >= 0.6 is 0 Å². The van der Waals surface area contributed by atoms with Crippen molar-refractivity contribution >= 4 is 41.4 Å². The summed E-state index contributed by atoms with van der Waals surface area (Å²) < 4.78 is 12.9. The van der Waals surface area contributed by atoms with E-state index in [1.165, 1.54) is 31.3 Å². The standard InChI is InChI=1S/C23H31FN4O9/c1-13(24)19(31)26-15-8-6-14(7-9-15)20(32)25-12-4-3-5-17(22(35)36)28(2)23(37)27-16(21(33)34)10-11-18(29)30/h6-9,13,16-17H,3-5,10-12H2,1-2H3,(H,25,32)(H,26,31)(H,27,37)(H,29,30)(H,33,34)(H,35,36). The fourth-order valence-electron chi connectivity index (χ4n) is 3.11. The summed E-state index contributed by atoms with van der Waals surface area (Å²) in [5, 5.41) is 34.5. The van der Waals surface area contributed by atoms with Gasteiger partial charge in [-0.3, -0.25) is 14.4 Å². The number of alkyl halides is 1. The van der Waals surface area contributed by atoms with Crippen molar-refractivity contribution in [2.75, 3.05) is 18.9 Å². The number of nitrogens with zero attached hydrogens (tertiary/aromatic N) is 1. The minimum atomic E-state index is -1.68. The van der Waals surface area contributed by atoms with E-state index in [1.54, 1.807) is 0 Å². The van der Waals surface area contributed by atoms with Crippen LogP contribution in [0.5, 0.6) is 0 Å². The lowest BCUT2D eigenvalue weighted by Crippen LogP contribution is -2.52. The number of amides is 4. The molecule has 14 heteroatoms. The molecule has 0 saturated heterocycles. The number of benzene rings is 1. The highest BCUT2D eigenvalue weighted by Gasteiger charge is 2.29. The molecule has 0 aromatic heterocycles. The molecular formula is C23H31FN4O9. The molecule has 0 saturated carbocycles. The van der Waals surface area contributed by atoms with Crippen LogP contribution in [0, 0.1) is 0 Å². The second kappa shape index (κ2) is 15.0. The Morgan fingerprint density at radius 2 is 1.57 bits per heavy atom. The number of likely N-dealkylation sites (N-methyl/N-ethyl adjacent to an activating group) is 1. The van der Waals surface area contributed by atoms with Crippen molar-refractivity contribution < 1.29 is 48.5 Å². The molecule has 1 rings (SSSR count). The highest BCUT2D eigenvalue weighted by molar-refractivity contribution is 5.96. The van der Waals surface area contributed by atoms with E-state index in [4.69, 9.17) is 10.2 Å². The zero-order valence-electron chi connectivity index (χ0n) is 20.4. The summed E-state index contributed by atoms with van der Waals surface area (Å²) in [4.78, 5) is 70.3. The van der Waals surface area contributed by atoms with Crippen LogP contribution in [0.15, 0.2) is 24.3 Å². The van der Waals surface area contributed by atoms with E-state index in [0.29, 0.717) is 24.1 Å². The highest BCUT2D eigenvalue weighted by atomic mass is 19.1. The molecule has 13 nitrogen and oxygen atoms in total. The number of nitrogens with one attached hydrogen (secondary N) is 3. The SMILES string of the molecule is CC(F)C(=O)Nc1ccc(C(=O)NCCCCC(C(=O)O)N(C)C(=O)NC(CCC(=O)O)C(=O)O)cc1. The summed E-state index contributed by atoms with van der Waals surface area (Å²) in [6.45, 7) is 1.30. The van der Waals surface area contributed by atoms with Crippen LogP contribution in [-0.4, -0.2) is 87.8 Å². The summed E-state index contributed by atoms with van der Waals surface area (Å²) in [5.74, 6) is -5.21. The minimum absolute atomic E-state index is 0.0172. The van der Waals surface area contributed by atoms with Gasteiger partial charge in [0, 0.05) is 31.3 Å². The average molecular weight is 527 g/mol. The van der Waals surface area contributed by atoms with Gasteiger partial charge in [0.05, 0.1) is 0 Å². The lowest BCUT2D eigenvalue weighted by Gasteiger charge is -2.26. The smallest absolute Gasteiger partial charge is 0.326 e. The number of carbonyl (C=O) groups excluding carboxylic acids is 3. The quantitative estimate of drug-likeness (QED) is 0.182. The van der Waals surface area contributed by atoms with Gasteiger partial charge in [0.2, 0.25) is 0 Å². The highest BCUT2D eigenvalue weighted by Crippen LogP contribution is 2.12. The van der Waals surface area contributed by atoms with Crippen LogP contribution in [0.25, 0.3) is 0 Å². The number of anilines is 1. The zero-order chi connectivity index (χ0) is 28.1. The van der Waals surface area contributed by atoms with E-state index in [9.17, 15) is 38.3 Å². The maximum Gasteiger partial charge on any atom is 0.326 e. The van der Waals surface area contributed by atoms with Crippen molar-refractivity contribution in [1.29, 1.82) is 0 Å². The number of carbonyl (C=O) groups is 6. The molecule has 0 spiro atoms. The number of urea groups is 1. The van der Waals surface area contributed by atoms with Crippen LogP contribution < -0.4 is 16.0 Å². The molecule has 3 atom stereocenters. The molecule has 0 aliphatic carbocycles. The number of hydrogen-bond donors (Lipinski definition) is 6. The molecule has 4 amide bonds. The molecule has 37 heavy (non-hydrogen) atoms. The zero-order valence-corrected chi connectivity index (χ0v) is 20.4. The topological polar surface area (TPSA) is 202 Å². The molecule has 0 heterocycles. The Hall–Kier alpha value is -4.23. The van der Waals surface area contributed by atoms with E-state index in [1.807, 2.05) is 0 Å². The third-order valence-corrected chi connectivity index (χ3v) is 5.28. The summed E-state index contributed by atoms with van der Waals surface area (Å²) in [6.07, 6.45) is -1.83. The molecule has 1 aromatic carbocycles. The molecular weight excluding hydrogens is 495 g/mol. The van der Waals surface area contributed by atoms with E-state index in [-0.39, 0.29) is 19.4 Å². The first-order chi connectivity index (χ1) is 17.3. The first-order valence-electron chi connectivity index (χ1n) is 11.4. The average Bonchev–Trinajstić information content (AvgIpc) is 2.82. The van der Waals surface area contributed by atoms with Crippen molar-refractivity contribution in [1.82, 2.24) is 15.5 Å². The van der Waals surface area contributed by atoms with Gasteiger partial charge in [-0.05, 0) is 56.9 Å². The van der Waals surface area contributed by atoms with E-state index in [0.717, 1.165) is 11.8 Å². The third kappa shape index (κ3) is 10.9. The van der Waals surface area contributed by atoms with E-state index in [2.05, 4.69) is 16.0 Å². The third-order valence-electron chi connectivity index (χ3n) is 5.28. The van der Waals surface area contributed by atoms with Crippen LogP contribution in [0.4, 0.5) is 14.9 Å². The van der Waals surface area contributed by atoms with Crippen LogP contribution in [0.1, 0.15) is 49.4 Å². The second-order valence-corrected chi connectivity index (χ2v) is 8.17. The fourth-order valence-corrected chi connectivity index (χ4v) is 3.11. The van der Waals surface area contributed by atoms with Gasteiger partial charge in [0.25, 0.3) is 11.8 Å². The van der Waals surface area contributed by atoms with Gasteiger partial charge in [-0.25, -0.2) is 18.8 Å². The number of aliphatic carboxylic acids is 3. The van der Waals surface area contributed by atoms with Crippen molar-refractivity contribution in [2.45, 2.75) is 57.3 Å². The van der Waals surface area contributed by atoms with Gasteiger partial charge in [-0.1, -0.05) is 0 Å². The number of hydrogen-bond acceptors (Lipinski definition) is 6. The summed E-state index contributed by atoms with van der Waals surface area (Å²) in [6, 6.07) is 2.05. The first-order valence-corrected chi connectivity index (χ1v) is 11.4. The van der Waals surface area contributed by atoms with Crippen molar-refractivity contribution in [2.24, 2.45) is 0 Å². The van der Waals surface area contributed by atoms with Gasteiger partial charge in [-0.2, -0.15) is 0 Å². The Morgan fingerprint density at radius 3 is 2.08 bits per heavy atom. The maximum atomic E-state index is 12.9. The lowest BCUT2D eigenvalue weighted by atomic mass is 10.1. The summed E-state index contributed by atoms with van der Waals surface area (Å²) in [7, 11) is 1.19. The largest absolute Gasteiger partial charge is 0.481 e. The van der Waals surface area contributed by atoms with Gasteiger partial charge >= 0.3 is 23.9 Å². The van der Waals surface area contributed by atoms with Crippen molar-refractivity contribution in [3.8, 4) is 0 Å². The minimum Gasteiger partial charge on any atom is -0.481 e. The maximum absolute atomic E-state index is 12.9. The molecule has 1 aromatic rings. The number of unbranched alkanes of at least 4 members (excludes halogenated alkanes) is 1. The number of rotatable bonds is 15. The first kappa shape index (κ1) is 30.8. The summed E-state index contributed by atoms with van der Waals surface area (Å²) >= 11 is 0. The molecule has 3 unspecified atom stereocenters. The predicted molar refractivity (Wildman–Crippen MR) is 128 cm³/mol. The van der Waals surface area contributed by atoms with Crippen LogP contribution in [-0.2, 0) is 19.2 Å². The van der Waals surface area contributed by atoms with Gasteiger partial charge in [0.1, 0.15) is 12.1 Å². The molecule has 204 valence electrons. The number of carboxylic acid groups (broad SMARTS) is 3. The Balaban J connectivity index is 2.52. The van der Waals surface area contributed by atoms with E-state index >= 15 is 0 Å². The molecule has 0 fully saturated rings. The molecule has 6 N–H and O–H groups in total. The molecule has 0 aliphatic heterocycles. The Bertz CT molecular complexity index is 985. The van der Waals surface area contributed by atoms with Gasteiger partial charge < -0.3 is 36.2 Å². The Labute approximate surface area is 212 Å². The monoisotopic (exact) mass is 526 g/mol. The van der Waals surface area contributed by atoms with Crippen molar-refractivity contribution in [3.63, 3.8) is 0 Å². The predicted octanol–water partition coefficient (Wildman–Crippen LogP) is 1.30. The fraction of sp³-hybridized carbons (Fsp3) is 0.478. The second-order valence-electron chi connectivity index (χ2n) is 8.17. The Kier molecular flexibility index (Phi) is 12.5. The Morgan fingerprint density at radius 1 is 0.946 bits per heavy atom. The molecule has 0 radical (unpaired) electrons. The van der Waals surface area contributed by atoms with Crippen molar-refractivity contribution in [3.05, 3.63) is 29.8 Å². The van der Waals surface area contributed by atoms with E-state index < -0.39 is 60.4 Å². The normalized spacial score (nSPS) is 12.9. The number of halogens is 1. The van der Waals surface area contributed by atoms with Gasteiger partial charge in [-0.15, -0.1) is 0 Å². The molecule has 0 aliphatic rings. The van der Waals surface area contributed by atoms with Crippen LogP contribution in [0.3, 0.4) is 0 Å². The number of carboxylic acids is 3. The summed E-state index contributed by atoms with van der Waals surface area (Å²) in [5.41, 5.74) is 0.623. The van der Waals surface area contributed by atoms with Gasteiger partial charge in [0.15, 0.2) is 6.17 Å². The molecule has 0 bridgehead atoms. The van der Waals surface area contributed by atoms with Crippen LogP contribution in [0.2, 0.25) is 0 Å². The lowest BCUT2D eigenvalue weighted by molar-refractivity contribution is -0.142.